The summed E-state index contributed by atoms with van der Waals surface area (Å²) in [5.41, 5.74) is 5.24. The van der Waals surface area contributed by atoms with Crippen LogP contribution in [0.5, 0.6) is 0 Å². The molecule has 6 nitrogen and oxygen atoms in total. The minimum absolute atomic E-state index is 0.277. The van der Waals surface area contributed by atoms with E-state index in [1.165, 1.54) is 6.07 Å². The van der Waals surface area contributed by atoms with E-state index in [4.69, 9.17) is 11.6 Å². The fourth-order valence-electron chi connectivity index (χ4n) is 1.72. The predicted molar refractivity (Wildman–Crippen MR) is 85.8 cm³/mol. The number of carbonyl (C=O) groups excluding carboxylic acids is 3. The minimum atomic E-state index is -0.551. The molecule has 3 amide bonds. The second-order valence-electron chi connectivity index (χ2n) is 4.56. The van der Waals surface area contributed by atoms with Gasteiger partial charge in [0.1, 0.15) is 0 Å². The number of rotatable bonds is 4. The summed E-state index contributed by atoms with van der Waals surface area (Å²) in [5.74, 6) is -1.43. The first-order valence-electron chi connectivity index (χ1n) is 6.74. The maximum absolute atomic E-state index is 11.8. The molecule has 0 spiro atoms. The Kier molecular flexibility index (Phi) is 5.71. The second kappa shape index (κ2) is 7.95. The third-order valence-corrected chi connectivity index (χ3v) is 3.08. The van der Waals surface area contributed by atoms with Crippen LogP contribution in [0.4, 0.5) is 0 Å². The van der Waals surface area contributed by atoms with Gasteiger partial charge in [-0.25, -0.2) is 0 Å². The van der Waals surface area contributed by atoms with Crippen molar-refractivity contribution in [1.29, 1.82) is 0 Å². The molecule has 3 N–H and O–H groups in total. The van der Waals surface area contributed by atoms with E-state index in [1.807, 2.05) is 0 Å². The van der Waals surface area contributed by atoms with Crippen LogP contribution < -0.4 is 16.2 Å². The Morgan fingerprint density at radius 3 is 2.22 bits per heavy atom. The number of hydrogen-bond donors (Lipinski definition) is 3. The number of halogens is 1. The van der Waals surface area contributed by atoms with E-state index in [2.05, 4.69) is 16.2 Å². The van der Waals surface area contributed by atoms with E-state index in [0.29, 0.717) is 16.1 Å². The molecular formula is C16H14ClN3O3. The Bertz CT molecular complexity index is 720. The first kappa shape index (κ1) is 16.5. The van der Waals surface area contributed by atoms with Crippen LogP contribution in [0.25, 0.3) is 0 Å². The third-order valence-electron chi connectivity index (χ3n) is 2.85. The van der Waals surface area contributed by atoms with Gasteiger partial charge in [-0.3, -0.25) is 25.2 Å². The lowest BCUT2D eigenvalue weighted by molar-refractivity contribution is -0.120. The number of hydrazine groups is 1. The smallest absolute Gasteiger partial charge is 0.269 e. The van der Waals surface area contributed by atoms with Gasteiger partial charge in [-0.15, -0.1) is 0 Å². The molecule has 118 valence electrons. The van der Waals surface area contributed by atoms with E-state index in [1.54, 1.807) is 48.5 Å². The summed E-state index contributed by atoms with van der Waals surface area (Å²) >= 11 is 5.79. The van der Waals surface area contributed by atoms with Gasteiger partial charge in [0.05, 0.1) is 6.54 Å². The molecule has 0 aliphatic carbocycles. The molecule has 0 aliphatic rings. The molecule has 0 aliphatic heterocycles. The summed E-state index contributed by atoms with van der Waals surface area (Å²) in [6.07, 6.45) is 0. The van der Waals surface area contributed by atoms with Crippen LogP contribution in [-0.2, 0) is 4.79 Å². The van der Waals surface area contributed by atoms with E-state index >= 15 is 0 Å². The van der Waals surface area contributed by atoms with E-state index in [0.717, 1.165) is 0 Å². The van der Waals surface area contributed by atoms with Crippen LogP contribution in [0.3, 0.4) is 0 Å². The average Bonchev–Trinajstić information content (AvgIpc) is 2.58. The summed E-state index contributed by atoms with van der Waals surface area (Å²) in [4.78, 5) is 35.2. The standard InChI is InChI=1S/C16H14ClN3O3/c17-13-8-4-7-12(9-13)15(22)18-10-14(21)19-20-16(23)11-5-2-1-3-6-11/h1-9H,10H2,(H,18,22)(H,19,21)(H,20,23). The van der Waals surface area contributed by atoms with Gasteiger partial charge >= 0.3 is 0 Å². The van der Waals surface area contributed by atoms with Crippen molar-refractivity contribution in [1.82, 2.24) is 16.2 Å². The Hall–Kier alpha value is -2.86. The SMILES string of the molecule is O=C(CNC(=O)c1cccc(Cl)c1)NNC(=O)c1ccccc1. The van der Waals surface area contributed by atoms with Gasteiger partial charge < -0.3 is 5.32 Å². The maximum Gasteiger partial charge on any atom is 0.269 e. The molecule has 0 saturated heterocycles. The highest BCUT2D eigenvalue weighted by Crippen LogP contribution is 2.10. The van der Waals surface area contributed by atoms with E-state index in [9.17, 15) is 14.4 Å². The zero-order valence-electron chi connectivity index (χ0n) is 12.0. The molecule has 0 saturated carbocycles. The molecule has 2 rings (SSSR count). The lowest BCUT2D eigenvalue weighted by Crippen LogP contribution is -2.46. The van der Waals surface area contributed by atoms with E-state index in [-0.39, 0.29) is 6.54 Å². The minimum Gasteiger partial charge on any atom is -0.343 e. The maximum atomic E-state index is 11.8. The van der Waals surface area contributed by atoms with Crippen molar-refractivity contribution in [2.45, 2.75) is 0 Å². The fourth-order valence-corrected chi connectivity index (χ4v) is 1.91. The van der Waals surface area contributed by atoms with Crippen LogP contribution in [0, 0.1) is 0 Å². The van der Waals surface area contributed by atoms with Crippen molar-refractivity contribution in [3.05, 3.63) is 70.7 Å². The largest absolute Gasteiger partial charge is 0.343 e. The van der Waals surface area contributed by atoms with Crippen LogP contribution in [0.1, 0.15) is 20.7 Å². The first-order valence-corrected chi connectivity index (χ1v) is 7.12. The molecule has 0 fully saturated rings. The topological polar surface area (TPSA) is 87.3 Å². The van der Waals surface area contributed by atoms with Crippen molar-refractivity contribution in [2.75, 3.05) is 6.54 Å². The van der Waals surface area contributed by atoms with Crippen molar-refractivity contribution in [3.8, 4) is 0 Å². The summed E-state index contributed by atoms with van der Waals surface area (Å²) in [6.45, 7) is -0.277. The Morgan fingerprint density at radius 1 is 0.826 bits per heavy atom. The van der Waals surface area contributed by atoms with Crippen molar-refractivity contribution >= 4 is 29.3 Å². The molecule has 2 aromatic rings. The molecule has 0 heterocycles. The van der Waals surface area contributed by atoms with Gasteiger partial charge in [-0.2, -0.15) is 0 Å². The lowest BCUT2D eigenvalue weighted by atomic mass is 10.2. The Labute approximate surface area is 137 Å². The fraction of sp³-hybridized carbons (Fsp3) is 0.0625. The zero-order valence-corrected chi connectivity index (χ0v) is 12.8. The number of benzene rings is 2. The molecule has 0 unspecified atom stereocenters. The number of hydrogen-bond acceptors (Lipinski definition) is 3. The normalized spacial score (nSPS) is 9.78. The molecule has 0 bridgehead atoms. The molecular weight excluding hydrogens is 318 g/mol. The van der Waals surface area contributed by atoms with Crippen LogP contribution >= 0.6 is 11.6 Å². The summed E-state index contributed by atoms with van der Waals surface area (Å²) < 4.78 is 0. The number of amides is 3. The molecule has 23 heavy (non-hydrogen) atoms. The summed E-state index contributed by atoms with van der Waals surface area (Å²) in [5, 5.41) is 2.86. The monoisotopic (exact) mass is 331 g/mol. The van der Waals surface area contributed by atoms with Crippen molar-refractivity contribution < 1.29 is 14.4 Å². The van der Waals surface area contributed by atoms with Gasteiger partial charge in [-0.1, -0.05) is 35.9 Å². The highest BCUT2D eigenvalue weighted by molar-refractivity contribution is 6.30. The zero-order chi connectivity index (χ0) is 16.7. The van der Waals surface area contributed by atoms with Gasteiger partial charge in [0.15, 0.2) is 0 Å². The Balaban J connectivity index is 1.77. The van der Waals surface area contributed by atoms with Crippen molar-refractivity contribution in [2.24, 2.45) is 0 Å². The highest BCUT2D eigenvalue weighted by Gasteiger charge is 2.09. The molecule has 0 aromatic heterocycles. The van der Waals surface area contributed by atoms with Gasteiger partial charge in [-0.05, 0) is 30.3 Å². The molecule has 0 atom stereocenters. The van der Waals surface area contributed by atoms with E-state index < -0.39 is 17.7 Å². The van der Waals surface area contributed by atoms with Gasteiger partial charge in [0.25, 0.3) is 17.7 Å². The van der Waals surface area contributed by atoms with Gasteiger partial charge in [0.2, 0.25) is 0 Å². The van der Waals surface area contributed by atoms with Crippen LogP contribution in [-0.4, -0.2) is 24.3 Å². The summed E-state index contributed by atoms with van der Waals surface area (Å²) in [6, 6.07) is 14.8. The number of carbonyl (C=O) groups is 3. The van der Waals surface area contributed by atoms with Crippen LogP contribution in [0.2, 0.25) is 5.02 Å². The van der Waals surface area contributed by atoms with Crippen molar-refractivity contribution in [3.63, 3.8) is 0 Å². The lowest BCUT2D eigenvalue weighted by Gasteiger charge is -2.08. The van der Waals surface area contributed by atoms with Gasteiger partial charge in [0, 0.05) is 16.1 Å². The molecule has 7 heteroatoms. The highest BCUT2D eigenvalue weighted by atomic mass is 35.5. The quantitative estimate of drug-likeness (QED) is 0.742. The number of nitrogens with one attached hydrogen (secondary N) is 3. The summed E-state index contributed by atoms with van der Waals surface area (Å²) in [7, 11) is 0. The third kappa shape index (κ3) is 5.12. The molecule has 2 aromatic carbocycles. The van der Waals surface area contributed by atoms with Crippen LogP contribution in [0.15, 0.2) is 54.6 Å². The average molecular weight is 332 g/mol. The molecule has 0 radical (unpaired) electrons. The second-order valence-corrected chi connectivity index (χ2v) is 5.00. The predicted octanol–water partition coefficient (Wildman–Crippen LogP) is 1.53. The first-order chi connectivity index (χ1) is 11.1. The Morgan fingerprint density at radius 2 is 1.52 bits per heavy atom.